The number of aromatic hydroxyl groups is 2. The van der Waals surface area contributed by atoms with Crippen molar-refractivity contribution in [3.8, 4) is 11.5 Å². The first-order valence-electron chi connectivity index (χ1n) is 8.41. The molecule has 3 N–H and O–H groups in total. The molecule has 148 valence electrons. The van der Waals surface area contributed by atoms with Crippen molar-refractivity contribution in [2.75, 3.05) is 6.61 Å². The number of phenolic OH excluding ortho intramolecular Hbond substituents is 2. The number of rotatable bonds is 3. The topological polar surface area (TPSA) is 121 Å². The van der Waals surface area contributed by atoms with Gasteiger partial charge in [-0.15, -0.1) is 0 Å². The maximum Gasteiger partial charge on any atom is 0.413 e. The lowest BCUT2D eigenvalue weighted by atomic mass is 10.2. The Morgan fingerprint density at radius 2 is 1.89 bits per heavy atom. The number of hydrogen-bond donors (Lipinski definition) is 3. The van der Waals surface area contributed by atoms with Crippen molar-refractivity contribution in [2.45, 2.75) is 52.0 Å². The molecule has 1 aliphatic rings. The predicted molar refractivity (Wildman–Crippen MR) is 97.4 cm³/mol. The highest BCUT2D eigenvalue weighted by Gasteiger charge is 2.48. The van der Waals surface area contributed by atoms with Crippen LogP contribution >= 0.6 is 0 Å². The van der Waals surface area contributed by atoms with E-state index >= 15 is 0 Å². The van der Waals surface area contributed by atoms with E-state index in [4.69, 9.17) is 9.47 Å². The Morgan fingerprint density at radius 1 is 1.30 bits per heavy atom. The molecule has 0 spiro atoms. The van der Waals surface area contributed by atoms with Gasteiger partial charge in [-0.2, -0.15) is 5.10 Å². The molecular formula is C18H25N3O6. The zero-order chi connectivity index (χ0) is 20.4. The number of amides is 2. The van der Waals surface area contributed by atoms with Crippen LogP contribution in [-0.4, -0.2) is 57.3 Å². The lowest BCUT2D eigenvalue weighted by Crippen LogP contribution is -2.54. The molecule has 1 aromatic carbocycles. The number of benzene rings is 1. The van der Waals surface area contributed by atoms with Crippen LogP contribution in [0.4, 0.5) is 4.79 Å². The average Bonchev–Trinajstić information content (AvgIpc) is 2.80. The number of carbonyl (C=O) groups excluding carboxylic acids is 2. The van der Waals surface area contributed by atoms with Crippen molar-refractivity contribution in [3.05, 3.63) is 23.8 Å². The first-order chi connectivity index (χ1) is 12.4. The number of carbonyl (C=O) groups is 2. The third-order valence-corrected chi connectivity index (χ3v) is 3.69. The molecule has 0 aromatic heterocycles. The summed E-state index contributed by atoms with van der Waals surface area (Å²) in [4.78, 5) is 26.2. The maximum absolute atomic E-state index is 12.5. The standard InChI is InChI=1S/C18H25N3O6/c1-17(2,3)27-16(25)21-14(10-26-18(21,4)5)15(24)20-19-9-11-6-12(22)8-13(23)7-11/h6-9,14,22-23H,10H2,1-5H3,(H,20,24)/b19-9+. The second-order valence-corrected chi connectivity index (χ2v) is 7.64. The van der Waals surface area contributed by atoms with E-state index in [0.717, 1.165) is 0 Å². The molecule has 2 amide bonds. The lowest BCUT2D eigenvalue weighted by Gasteiger charge is -2.34. The second kappa shape index (κ2) is 7.43. The van der Waals surface area contributed by atoms with Crippen LogP contribution in [0.15, 0.2) is 23.3 Å². The quantitative estimate of drug-likeness (QED) is 0.545. The highest BCUT2D eigenvalue weighted by Crippen LogP contribution is 2.29. The summed E-state index contributed by atoms with van der Waals surface area (Å²) in [6.45, 7) is 8.54. The van der Waals surface area contributed by atoms with Crippen LogP contribution in [0.2, 0.25) is 0 Å². The summed E-state index contributed by atoms with van der Waals surface area (Å²) < 4.78 is 10.9. The van der Waals surface area contributed by atoms with Gasteiger partial charge in [0, 0.05) is 11.6 Å². The Labute approximate surface area is 157 Å². The summed E-state index contributed by atoms with van der Waals surface area (Å²) >= 11 is 0. The molecule has 1 fully saturated rings. The SMILES string of the molecule is CC(C)(C)OC(=O)N1C(C(=O)N/N=C/c2cc(O)cc(O)c2)COC1(C)C. The first kappa shape index (κ1) is 20.5. The van der Waals surface area contributed by atoms with Crippen molar-refractivity contribution in [1.29, 1.82) is 0 Å². The summed E-state index contributed by atoms with van der Waals surface area (Å²) in [7, 11) is 0. The maximum atomic E-state index is 12.5. The van der Waals surface area contributed by atoms with E-state index in [0.29, 0.717) is 5.56 Å². The Hall–Kier alpha value is -2.81. The minimum Gasteiger partial charge on any atom is -0.508 e. The van der Waals surface area contributed by atoms with Crippen LogP contribution in [0, 0.1) is 0 Å². The van der Waals surface area contributed by atoms with E-state index in [2.05, 4.69) is 10.5 Å². The van der Waals surface area contributed by atoms with E-state index in [1.807, 2.05) is 0 Å². The number of nitrogens with one attached hydrogen (secondary N) is 1. The van der Waals surface area contributed by atoms with Crippen LogP contribution in [0.1, 0.15) is 40.2 Å². The van der Waals surface area contributed by atoms with E-state index < -0.39 is 29.4 Å². The van der Waals surface area contributed by atoms with Gasteiger partial charge in [0.05, 0.1) is 12.8 Å². The molecule has 1 heterocycles. The van der Waals surface area contributed by atoms with Crippen molar-refractivity contribution in [3.63, 3.8) is 0 Å². The van der Waals surface area contributed by atoms with Gasteiger partial charge >= 0.3 is 6.09 Å². The summed E-state index contributed by atoms with van der Waals surface area (Å²) in [5.74, 6) is -0.818. The largest absolute Gasteiger partial charge is 0.508 e. The fourth-order valence-electron chi connectivity index (χ4n) is 2.59. The molecule has 1 aliphatic heterocycles. The van der Waals surface area contributed by atoms with Gasteiger partial charge in [0.2, 0.25) is 0 Å². The molecule has 2 rings (SSSR count). The van der Waals surface area contributed by atoms with Crippen molar-refractivity contribution >= 4 is 18.2 Å². The minimum absolute atomic E-state index is 0.000505. The smallest absolute Gasteiger partial charge is 0.413 e. The number of ether oxygens (including phenoxy) is 2. The highest BCUT2D eigenvalue weighted by atomic mass is 16.6. The summed E-state index contributed by atoms with van der Waals surface area (Å²) in [6, 6.07) is 2.99. The average molecular weight is 379 g/mol. The van der Waals surface area contributed by atoms with Gasteiger partial charge in [-0.05, 0) is 46.8 Å². The summed E-state index contributed by atoms with van der Waals surface area (Å²) in [6.07, 6.45) is 0.600. The molecule has 9 nitrogen and oxygen atoms in total. The number of nitrogens with zero attached hydrogens (tertiary/aromatic N) is 2. The van der Waals surface area contributed by atoms with Gasteiger partial charge in [0.15, 0.2) is 0 Å². The lowest BCUT2D eigenvalue weighted by molar-refractivity contribution is -0.126. The molecule has 0 bridgehead atoms. The Kier molecular flexibility index (Phi) is 5.65. The molecule has 0 aliphatic carbocycles. The zero-order valence-corrected chi connectivity index (χ0v) is 16.0. The molecule has 1 saturated heterocycles. The molecule has 9 heteroatoms. The van der Waals surface area contributed by atoms with Crippen molar-refractivity contribution in [1.82, 2.24) is 10.3 Å². The number of phenols is 2. The van der Waals surface area contributed by atoms with Crippen LogP contribution in [0.5, 0.6) is 11.5 Å². The van der Waals surface area contributed by atoms with Crippen LogP contribution in [0.3, 0.4) is 0 Å². The van der Waals surface area contributed by atoms with Crippen molar-refractivity contribution in [2.24, 2.45) is 5.10 Å². The minimum atomic E-state index is -1.01. The van der Waals surface area contributed by atoms with Crippen LogP contribution in [-0.2, 0) is 14.3 Å². The molecule has 27 heavy (non-hydrogen) atoms. The van der Waals surface area contributed by atoms with Gasteiger partial charge < -0.3 is 19.7 Å². The Balaban J connectivity index is 2.09. The molecule has 1 atom stereocenters. The fraction of sp³-hybridized carbons (Fsp3) is 0.500. The molecule has 0 radical (unpaired) electrons. The monoisotopic (exact) mass is 379 g/mol. The van der Waals surface area contributed by atoms with Gasteiger partial charge in [-0.3, -0.25) is 9.69 Å². The van der Waals surface area contributed by atoms with Crippen LogP contribution < -0.4 is 5.43 Å². The first-order valence-corrected chi connectivity index (χ1v) is 8.41. The van der Waals surface area contributed by atoms with Crippen molar-refractivity contribution < 1.29 is 29.3 Å². The third-order valence-electron chi connectivity index (χ3n) is 3.69. The third kappa shape index (κ3) is 5.33. The van der Waals surface area contributed by atoms with E-state index in [1.54, 1.807) is 34.6 Å². The van der Waals surface area contributed by atoms with Gasteiger partial charge in [-0.25, -0.2) is 10.2 Å². The van der Waals surface area contributed by atoms with Gasteiger partial charge in [-0.1, -0.05) is 0 Å². The molecule has 0 saturated carbocycles. The molecule has 1 unspecified atom stereocenters. The molecular weight excluding hydrogens is 354 g/mol. The van der Waals surface area contributed by atoms with Crippen LogP contribution in [0.25, 0.3) is 0 Å². The summed E-state index contributed by atoms with van der Waals surface area (Å²) in [5.41, 5.74) is 0.999. The number of hydrazone groups is 1. The van der Waals surface area contributed by atoms with Gasteiger partial charge in [0.1, 0.15) is 28.9 Å². The Morgan fingerprint density at radius 3 is 2.44 bits per heavy atom. The normalized spacial score (nSPS) is 19.3. The van der Waals surface area contributed by atoms with E-state index in [1.165, 1.54) is 29.3 Å². The zero-order valence-electron chi connectivity index (χ0n) is 16.0. The predicted octanol–water partition coefficient (Wildman–Crippen LogP) is 1.92. The second-order valence-electron chi connectivity index (χ2n) is 7.64. The Bertz CT molecular complexity index is 734. The highest BCUT2D eigenvalue weighted by molar-refractivity contribution is 5.88. The van der Waals surface area contributed by atoms with Gasteiger partial charge in [0.25, 0.3) is 5.91 Å². The number of hydrogen-bond acceptors (Lipinski definition) is 7. The fourth-order valence-corrected chi connectivity index (χ4v) is 2.59. The van der Waals surface area contributed by atoms with E-state index in [9.17, 15) is 19.8 Å². The molecule has 1 aromatic rings. The summed E-state index contributed by atoms with van der Waals surface area (Å²) in [5, 5.41) is 22.7. The van der Waals surface area contributed by atoms with E-state index in [-0.39, 0.29) is 18.1 Å².